The lowest BCUT2D eigenvalue weighted by Gasteiger charge is -2.32. The number of aromatic nitrogens is 4. The Morgan fingerprint density at radius 1 is 1.31 bits per heavy atom. The molecule has 4 rings (SSSR count). The van der Waals surface area contributed by atoms with Gasteiger partial charge in [0, 0.05) is 24.8 Å². The first-order valence-corrected chi connectivity index (χ1v) is 9.80. The molecule has 0 radical (unpaired) electrons. The molecule has 29 heavy (non-hydrogen) atoms. The Morgan fingerprint density at radius 3 is 2.76 bits per heavy atom. The lowest BCUT2D eigenvalue weighted by molar-refractivity contribution is -0.173. The average Bonchev–Trinajstić information content (AvgIpc) is 3.32. The monoisotopic (exact) mass is 408 g/mol. The maximum absolute atomic E-state index is 13.6. The summed E-state index contributed by atoms with van der Waals surface area (Å²) in [5.41, 5.74) is 1.41. The number of halogens is 3. The summed E-state index contributed by atoms with van der Waals surface area (Å²) in [6, 6.07) is -0.647. The zero-order chi connectivity index (χ0) is 20.8. The highest BCUT2D eigenvalue weighted by Crippen LogP contribution is 2.42. The Hall–Kier alpha value is -2.65. The largest absolute Gasteiger partial charge is 0.410 e. The van der Waals surface area contributed by atoms with E-state index in [1.807, 2.05) is 6.92 Å². The van der Waals surface area contributed by atoms with E-state index in [1.165, 1.54) is 12.4 Å². The van der Waals surface area contributed by atoms with E-state index in [0.717, 1.165) is 11.1 Å². The van der Waals surface area contributed by atoms with Gasteiger partial charge in [0.1, 0.15) is 11.5 Å². The van der Waals surface area contributed by atoms with E-state index in [1.54, 1.807) is 17.9 Å². The van der Waals surface area contributed by atoms with E-state index in [2.05, 4.69) is 20.4 Å². The van der Waals surface area contributed by atoms with E-state index >= 15 is 0 Å². The van der Waals surface area contributed by atoms with Crippen LogP contribution in [0.25, 0.3) is 0 Å². The van der Waals surface area contributed by atoms with Gasteiger partial charge in [0.05, 0.1) is 23.6 Å². The van der Waals surface area contributed by atoms with E-state index in [0.29, 0.717) is 36.6 Å². The quantitative estimate of drug-likeness (QED) is 0.839. The number of amides is 1. The number of carbonyl (C=O) groups is 1. The minimum atomic E-state index is -4.38. The summed E-state index contributed by atoms with van der Waals surface area (Å²) >= 11 is 0. The topological polar surface area (TPSA) is 75.9 Å². The summed E-state index contributed by atoms with van der Waals surface area (Å²) in [6.07, 6.45) is 0.513. The first-order valence-electron chi connectivity index (χ1n) is 9.80. The van der Waals surface area contributed by atoms with Crippen molar-refractivity contribution in [3.63, 3.8) is 0 Å². The third-order valence-corrected chi connectivity index (χ3v) is 5.64. The Kier molecular flexibility index (Phi) is 4.95. The molecule has 2 aliphatic rings. The summed E-state index contributed by atoms with van der Waals surface area (Å²) in [7, 11) is 0. The minimum Gasteiger partial charge on any atom is -0.367 e. The molecule has 1 fully saturated rings. The van der Waals surface area contributed by atoms with Crippen LogP contribution in [0.1, 0.15) is 66.6 Å². The molecule has 1 amide bonds. The standard InChI is InChI=1S/C19H23F3N6O/c1-3-12-7-16(19(20,21)22)28-17(25-12)8-13(26-28)15-5-4-6-27(15)18(29)14-10-23-11(2)9-24-14/h8-10,12,15-16,25H,3-7H2,1-2H3/t12-,15-,16-/m1/s1. The van der Waals surface area contributed by atoms with Gasteiger partial charge in [-0.1, -0.05) is 6.92 Å². The fourth-order valence-corrected chi connectivity index (χ4v) is 4.07. The number of anilines is 1. The summed E-state index contributed by atoms with van der Waals surface area (Å²) in [6.45, 7) is 4.15. The van der Waals surface area contributed by atoms with Gasteiger partial charge in [-0.2, -0.15) is 18.3 Å². The third kappa shape index (κ3) is 3.67. The van der Waals surface area contributed by atoms with E-state index < -0.39 is 12.2 Å². The number of likely N-dealkylation sites (tertiary alicyclic amines) is 1. The van der Waals surface area contributed by atoms with Crippen molar-refractivity contribution in [2.75, 3.05) is 11.9 Å². The normalized spacial score (nSPS) is 24.3. The van der Waals surface area contributed by atoms with Gasteiger partial charge < -0.3 is 10.2 Å². The van der Waals surface area contributed by atoms with Crippen molar-refractivity contribution in [1.82, 2.24) is 24.6 Å². The summed E-state index contributed by atoms with van der Waals surface area (Å²) < 4.78 is 41.9. The van der Waals surface area contributed by atoms with Crippen molar-refractivity contribution >= 4 is 11.7 Å². The molecule has 0 bridgehead atoms. The van der Waals surface area contributed by atoms with Crippen molar-refractivity contribution < 1.29 is 18.0 Å². The Labute approximate surface area is 166 Å². The number of hydrogen-bond donors (Lipinski definition) is 1. The second kappa shape index (κ2) is 7.31. The highest BCUT2D eigenvalue weighted by Gasteiger charge is 2.46. The minimum absolute atomic E-state index is 0.0552. The Morgan fingerprint density at radius 2 is 2.10 bits per heavy atom. The third-order valence-electron chi connectivity index (χ3n) is 5.64. The molecule has 2 aromatic heterocycles. The number of alkyl halides is 3. The highest BCUT2D eigenvalue weighted by atomic mass is 19.4. The van der Waals surface area contributed by atoms with Crippen molar-refractivity contribution in [1.29, 1.82) is 0 Å². The molecule has 0 unspecified atom stereocenters. The summed E-state index contributed by atoms with van der Waals surface area (Å²) in [5.74, 6) is 0.0765. The van der Waals surface area contributed by atoms with Crippen molar-refractivity contribution in [2.45, 2.75) is 63.8 Å². The number of nitrogens with one attached hydrogen (secondary N) is 1. The molecule has 7 nitrogen and oxygen atoms in total. The molecule has 0 spiro atoms. The number of fused-ring (bicyclic) bond motifs is 1. The zero-order valence-electron chi connectivity index (χ0n) is 16.3. The van der Waals surface area contributed by atoms with Gasteiger partial charge in [-0.25, -0.2) is 9.67 Å². The molecule has 10 heteroatoms. The van der Waals surface area contributed by atoms with Gasteiger partial charge in [-0.3, -0.25) is 9.78 Å². The van der Waals surface area contributed by atoms with Crippen molar-refractivity contribution in [3.8, 4) is 0 Å². The van der Waals surface area contributed by atoms with Gasteiger partial charge in [-0.15, -0.1) is 0 Å². The van der Waals surface area contributed by atoms with Crippen LogP contribution >= 0.6 is 0 Å². The molecular formula is C19H23F3N6O. The fourth-order valence-electron chi connectivity index (χ4n) is 4.07. The van der Waals surface area contributed by atoms with Gasteiger partial charge >= 0.3 is 6.18 Å². The second-order valence-electron chi connectivity index (χ2n) is 7.64. The van der Waals surface area contributed by atoms with Crippen LogP contribution in [0.15, 0.2) is 18.5 Å². The molecule has 156 valence electrons. The Balaban J connectivity index is 1.64. The van der Waals surface area contributed by atoms with Crippen molar-refractivity contribution in [2.24, 2.45) is 0 Å². The maximum Gasteiger partial charge on any atom is 0.410 e. The van der Waals surface area contributed by atoms with Crippen LogP contribution in [0, 0.1) is 6.92 Å². The number of rotatable bonds is 3. The first-order chi connectivity index (χ1) is 13.8. The number of carbonyl (C=O) groups excluding carboxylic acids is 1. The molecule has 2 aromatic rings. The highest BCUT2D eigenvalue weighted by molar-refractivity contribution is 5.92. The second-order valence-corrected chi connectivity index (χ2v) is 7.64. The smallest absolute Gasteiger partial charge is 0.367 e. The van der Waals surface area contributed by atoms with Crippen LogP contribution in [0.4, 0.5) is 19.0 Å². The molecule has 4 heterocycles. The zero-order valence-corrected chi connectivity index (χ0v) is 16.3. The van der Waals surface area contributed by atoms with Gasteiger partial charge in [0.2, 0.25) is 0 Å². The molecule has 0 saturated carbocycles. The van der Waals surface area contributed by atoms with Crippen LogP contribution < -0.4 is 5.32 Å². The van der Waals surface area contributed by atoms with Gasteiger partial charge in [0.15, 0.2) is 6.04 Å². The molecule has 2 aliphatic heterocycles. The van der Waals surface area contributed by atoms with Gasteiger partial charge in [-0.05, 0) is 32.6 Å². The number of aryl methyl sites for hydroxylation is 1. The van der Waals surface area contributed by atoms with E-state index in [-0.39, 0.29) is 30.1 Å². The van der Waals surface area contributed by atoms with Crippen LogP contribution in [0.3, 0.4) is 0 Å². The number of nitrogens with zero attached hydrogens (tertiary/aromatic N) is 5. The summed E-state index contributed by atoms with van der Waals surface area (Å²) in [4.78, 5) is 22.8. The lowest BCUT2D eigenvalue weighted by Crippen LogP contribution is -2.39. The van der Waals surface area contributed by atoms with Crippen LogP contribution in [0.2, 0.25) is 0 Å². The van der Waals surface area contributed by atoms with Crippen molar-refractivity contribution in [3.05, 3.63) is 35.5 Å². The van der Waals surface area contributed by atoms with E-state index in [4.69, 9.17) is 0 Å². The fraction of sp³-hybridized carbons (Fsp3) is 0.579. The first kappa shape index (κ1) is 19.7. The van der Waals surface area contributed by atoms with Crippen LogP contribution in [0.5, 0.6) is 0 Å². The van der Waals surface area contributed by atoms with Crippen LogP contribution in [-0.4, -0.2) is 49.3 Å². The molecule has 0 aromatic carbocycles. The molecular weight excluding hydrogens is 385 g/mol. The molecule has 1 N–H and O–H groups in total. The lowest BCUT2D eigenvalue weighted by atomic mass is 10.0. The molecule has 3 atom stereocenters. The van der Waals surface area contributed by atoms with E-state index in [9.17, 15) is 18.0 Å². The molecule has 1 saturated heterocycles. The summed E-state index contributed by atoms with van der Waals surface area (Å²) in [5, 5.41) is 7.44. The Bertz CT molecular complexity index is 894. The predicted molar refractivity (Wildman–Crippen MR) is 99.4 cm³/mol. The van der Waals surface area contributed by atoms with Crippen LogP contribution in [-0.2, 0) is 0 Å². The maximum atomic E-state index is 13.6. The number of hydrogen-bond acceptors (Lipinski definition) is 5. The predicted octanol–water partition coefficient (Wildman–Crippen LogP) is 3.66. The average molecular weight is 408 g/mol. The molecule has 0 aliphatic carbocycles. The SMILES string of the molecule is CC[C@@H]1C[C@H](C(F)(F)F)n2nc([C@H]3CCCN3C(=O)c3cnc(C)cn3)cc2N1. The van der Waals surface area contributed by atoms with Gasteiger partial charge in [0.25, 0.3) is 5.91 Å².